The lowest BCUT2D eigenvalue weighted by atomic mass is 10.0. The second kappa shape index (κ2) is 24.0. The highest BCUT2D eigenvalue weighted by Gasteiger charge is 2.39. The molecule has 30 heteroatoms. The molecule has 7 aromatic heterocycles. The summed E-state index contributed by atoms with van der Waals surface area (Å²) >= 11 is 6.57. The van der Waals surface area contributed by atoms with E-state index in [9.17, 15) is 47.0 Å². The fraction of sp³-hybridized carbons (Fsp3) is 0.286. The highest BCUT2D eigenvalue weighted by Crippen LogP contribution is 2.40. The summed E-state index contributed by atoms with van der Waals surface area (Å²) in [6, 6.07) is 8.87. The van der Waals surface area contributed by atoms with Crippen molar-refractivity contribution in [2.24, 2.45) is 5.92 Å². The molecule has 79 heavy (non-hydrogen) atoms. The van der Waals surface area contributed by atoms with Crippen molar-refractivity contribution < 1.29 is 51.8 Å². The summed E-state index contributed by atoms with van der Waals surface area (Å²) in [5, 5.41) is 35.3. The van der Waals surface area contributed by atoms with E-state index in [4.69, 9.17) is 19.7 Å². The van der Waals surface area contributed by atoms with E-state index in [0.717, 1.165) is 56.7 Å². The van der Waals surface area contributed by atoms with E-state index in [1.165, 1.54) is 36.3 Å². The number of aliphatic hydroxyl groups excluding tert-OH is 1. The number of aromatic nitrogens is 7. The van der Waals surface area contributed by atoms with Gasteiger partial charge in [0.2, 0.25) is 11.8 Å². The number of hydrogen-bond donors (Lipinski definition) is 7. The first kappa shape index (κ1) is 56.4. The van der Waals surface area contributed by atoms with Crippen molar-refractivity contribution in [2.75, 3.05) is 26.0 Å². The molecule has 21 nitrogen and oxygen atoms in total. The smallest absolute Gasteiger partial charge is 0.386 e. The maximum atomic E-state index is 14.2. The van der Waals surface area contributed by atoms with Crippen molar-refractivity contribution in [2.45, 2.75) is 64.2 Å². The van der Waals surface area contributed by atoms with Crippen LogP contribution >= 0.6 is 68.0 Å². The van der Waals surface area contributed by atoms with Gasteiger partial charge in [0.05, 0.1) is 42.2 Å². The van der Waals surface area contributed by atoms with Crippen molar-refractivity contribution >= 4 is 109 Å². The molecular weight excluding hydrogens is 1150 g/mol. The Bertz CT molecular complexity index is 3590. The third-order valence-corrected chi connectivity index (χ3v) is 17.5. The highest BCUT2D eigenvalue weighted by molar-refractivity contribution is 7.15. The van der Waals surface area contributed by atoms with Gasteiger partial charge in [-0.25, -0.2) is 34.9 Å². The average molecular weight is 1190 g/mol. The molecule has 7 N–H and O–H groups in total. The van der Waals surface area contributed by atoms with Gasteiger partial charge in [-0.3, -0.25) is 28.8 Å². The molecule has 0 spiro atoms. The quantitative estimate of drug-likeness (QED) is 0.0725. The predicted molar refractivity (Wildman–Crippen MR) is 292 cm³/mol. The van der Waals surface area contributed by atoms with E-state index in [1.807, 2.05) is 13.8 Å². The number of aryl methyl sites for hydroxylation is 1. The largest absolute Gasteiger partial charge is 0.471 e. The molecule has 410 valence electrons. The molecule has 8 heterocycles. The molecule has 0 aliphatic carbocycles. The first-order valence-electron chi connectivity index (χ1n) is 23.6. The van der Waals surface area contributed by atoms with Crippen molar-refractivity contribution in [3.63, 3.8) is 0 Å². The van der Waals surface area contributed by atoms with Gasteiger partial charge in [-0.15, -0.1) is 68.0 Å². The van der Waals surface area contributed by atoms with Crippen LogP contribution in [0.2, 0.25) is 0 Å². The number of hydrogen-bond acceptors (Lipinski definition) is 21. The lowest BCUT2D eigenvalue weighted by Gasteiger charge is -2.23. The lowest BCUT2D eigenvalue weighted by Crippen LogP contribution is -2.40. The lowest BCUT2D eigenvalue weighted by molar-refractivity contribution is -0.167. The number of ether oxygens (including phenoxy) is 1. The van der Waals surface area contributed by atoms with Crippen molar-refractivity contribution in [1.82, 2.24) is 61.5 Å². The van der Waals surface area contributed by atoms with Crippen LogP contribution in [-0.4, -0.2) is 102 Å². The highest BCUT2D eigenvalue weighted by atomic mass is 32.1. The number of nitrogens with one attached hydrogen (secondary N) is 6. The monoisotopic (exact) mass is 1190 g/mol. The van der Waals surface area contributed by atoms with Crippen LogP contribution in [0, 0.1) is 12.8 Å². The Balaban J connectivity index is 1.13. The fourth-order valence-corrected chi connectivity index (χ4v) is 13.3. The zero-order chi connectivity index (χ0) is 56.3. The topological polar surface area (TPSA) is 294 Å². The number of anilines is 1. The van der Waals surface area contributed by atoms with Crippen molar-refractivity contribution in [1.29, 1.82) is 0 Å². The molecule has 9 rings (SSSR count). The van der Waals surface area contributed by atoms with Gasteiger partial charge in [-0.05, 0) is 30.5 Å². The zero-order valence-corrected chi connectivity index (χ0v) is 46.8. The molecule has 1 aromatic carbocycles. The van der Waals surface area contributed by atoms with Gasteiger partial charge in [-0.2, -0.15) is 13.2 Å². The summed E-state index contributed by atoms with van der Waals surface area (Å²) in [6.45, 7) is 4.83. The van der Waals surface area contributed by atoms with Crippen LogP contribution in [0.15, 0.2) is 64.0 Å². The van der Waals surface area contributed by atoms with Crippen LogP contribution in [0.1, 0.15) is 106 Å². The Morgan fingerprint density at radius 2 is 1.42 bits per heavy atom. The summed E-state index contributed by atoms with van der Waals surface area (Å²) in [4.78, 5) is 114. The van der Waals surface area contributed by atoms with E-state index in [2.05, 4.69) is 46.5 Å². The van der Waals surface area contributed by atoms with Crippen LogP contribution in [0.25, 0.3) is 43.4 Å². The second-order valence-corrected chi connectivity index (χ2v) is 23.4. The third-order valence-electron chi connectivity index (χ3n) is 11.7. The van der Waals surface area contributed by atoms with Gasteiger partial charge in [0.15, 0.2) is 0 Å². The van der Waals surface area contributed by atoms with E-state index in [0.29, 0.717) is 41.6 Å². The minimum Gasteiger partial charge on any atom is -0.386 e. The first-order chi connectivity index (χ1) is 37.8. The van der Waals surface area contributed by atoms with Gasteiger partial charge < -0.3 is 41.7 Å². The molecular formula is C49H44F3N13O8S6. The standard InChI is InChI=1S/C49H44F3N13O8S6/c1-20(2)33-47-65-36(29(79-47)15-73-5)40(70)54-14-32(67)62-37(38(68)22-9-7-6-8-10-22)46-59-28(18-76-46)44-57-26(16-75-44)35-23(11-12-24(55-35)43-60-30(19-77-43)61-48(72)49(50,51)52)42-58-27(17-74-42)39(69)56-25(13-31(66)53-4)45-64-34(21(3)78-45)41(71)63-33/h6-12,16-20,25,33,37-38,68H,13-15H2,1-5H3,(H,53,66)(H,54,70)(H,56,69)(H,61,72)(H,62,67)(H,63,71)/t25-,33+,37-,38-/m0/s1. The Morgan fingerprint density at radius 3 is 2.15 bits per heavy atom. The number of pyridine rings is 1. The molecule has 1 aliphatic rings. The Hall–Kier alpha value is -7.32. The number of halogens is 3. The maximum Gasteiger partial charge on any atom is 0.471 e. The van der Waals surface area contributed by atoms with E-state index >= 15 is 0 Å². The molecule has 0 unspecified atom stereocenters. The number of alkyl halides is 3. The number of nitrogens with zero attached hydrogens (tertiary/aromatic N) is 7. The molecule has 0 saturated heterocycles. The number of amides is 6. The van der Waals surface area contributed by atoms with E-state index < -0.39 is 72.4 Å². The van der Waals surface area contributed by atoms with E-state index in [-0.39, 0.29) is 73.9 Å². The Kier molecular flexibility index (Phi) is 17.1. The summed E-state index contributed by atoms with van der Waals surface area (Å²) < 4.78 is 44.8. The predicted octanol–water partition coefficient (Wildman–Crippen LogP) is 7.81. The summed E-state index contributed by atoms with van der Waals surface area (Å²) in [5.74, 6) is -5.90. The summed E-state index contributed by atoms with van der Waals surface area (Å²) in [6.07, 6.45) is -6.73. The number of methoxy groups -OCH3 is 1. The number of rotatable bonds is 9. The third kappa shape index (κ3) is 12.8. The average Bonchev–Trinajstić information content (AvgIpc) is 4.35. The molecule has 0 radical (unpaired) electrons. The molecule has 10 bridgehead atoms. The van der Waals surface area contributed by atoms with Gasteiger partial charge in [0, 0.05) is 46.1 Å². The minimum atomic E-state index is -5.16. The van der Waals surface area contributed by atoms with Crippen LogP contribution < -0.4 is 31.9 Å². The molecule has 4 atom stereocenters. The zero-order valence-electron chi connectivity index (χ0n) is 41.9. The summed E-state index contributed by atoms with van der Waals surface area (Å²) in [7, 11) is 2.89. The molecule has 0 fully saturated rings. The Morgan fingerprint density at radius 1 is 0.722 bits per heavy atom. The first-order valence-corrected chi connectivity index (χ1v) is 28.7. The van der Waals surface area contributed by atoms with Crippen LogP contribution in [-0.2, 0) is 25.7 Å². The molecule has 0 saturated carbocycles. The van der Waals surface area contributed by atoms with Crippen LogP contribution in [0.5, 0.6) is 0 Å². The number of aliphatic hydroxyl groups is 1. The van der Waals surface area contributed by atoms with Crippen molar-refractivity contribution in [3.8, 4) is 43.4 Å². The van der Waals surface area contributed by atoms with Gasteiger partial charge in [0.25, 0.3) is 17.7 Å². The SMILES string of the molecule is CNC(=O)C[C@@H]1NC(=O)c2csc(n2)-c2ccc(-c3nc(NC(=O)C(F)(F)F)cs3)nc2-c2csc(n2)-c2csc(n2)[C@H]([C@@H](O)c2ccccc2)NC(=O)CNC(=O)c2nc(sc2COC)[C@@H](C(C)C)NC(=O)c2nc1sc2C. The van der Waals surface area contributed by atoms with Crippen LogP contribution in [0.4, 0.5) is 19.0 Å². The number of carbonyl (C=O) groups excluding carboxylic acids is 6. The van der Waals surface area contributed by atoms with Crippen LogP contribution in [0.3, 0.4) is 0 Å². The number of thiazole rings is 6. The second-order valence-electron chi connectivity index (χ2n) is 17.6. The van der Waals surface area contributed by atoms with Gasteiger partial charge in [0.1, 0.15) is 82.2 Å². The number of carbonyl (C=O) groups is 6. The normalized spacial score (nSPS) is 16.8. The minimum absolute atomic E-state index is 0.0185. The summed E-state index contributed by atoms with van der Waals surface area (Å²) in [5.41, 5.74) is 1.85. The number of benzene rings is 1. The molecule has 6 amide bonds. The fourth-order valence-electron chi connectivity index (χ4n) is 7.83. The van der Waals surface area contributed by atoms with Gasteiger partial charge >= 0.3 is 12.1 Å². The van der Waals surface area contributed by atoms with Crippen molar-refractivity contribution in [3.05, 3.63) is 111 Å². The van der Waals surface area contributed by atoms with E-state index in [1.54, 1.807) is 65.5 Å². The molecule has 8 aromatic rings. The number of fused-ring (bicyclic) bond motifs is 14. The molecule has 1 aliphatic heterocycles. The maximum absolute atomic E-state index is 14.2. The van der Waals surface area contributed by atoms with Gasteiger partial charge in [-0.1, -0.05) is 44.2 Å². The Labute approximate surface area is 470 Å².